The minimum Gasteiger partial charge on any atom is -0.479 e. The summed E-state index contributed by atoms with van der Waals surface area (Å²) in [6.07, 6.45) is 0.541. The summed E-state index contributed by atoms with van der Waals surface area (Å²) in [6.45, 7) is 5.81. The van der Waals surface area contributed by atoms with E-state index in [1.165, 1.54) is 4.90 Å². The predicted molar refractivity (Wildman–Crippen MR) is 86.8 cm³/mol. The Balaban J connectivity index is 2.36. The van der Waals surface area contributed by atoms with Crippen LogP contribution < -0.4 is 15.0 Å². The SMILES string of the molecule is CCCC(=O)c1ccc2c(c1)N(CC(=O)NCC)C(=O)C(C)O2. The standard InChI is InChI=1S/C17H22N2O4/c1-4-6-14(20)12-7-8-15-13(9-12)19(10-16(21)18-5-2)17(22)11(3)23-15/h7-9,11H,4-6,10H2,1-3H3,(H,18,21). The van der Waals surface area contributed by atoms with Crippen molar-refractivity contribution in [2.24, 2.45) is 0 Å². The van der Waals surface area contributed by atoms with Crippen molar-refractivity contribution in [3.05, 3.63) is 23.8 Å². The largest absolute Gasteiger partial charge is 0.479 e. The number of carbonyl (C=O) groups excluding carboxylic acids is 3. The first-order valence-corrected chi connectivity index (χ1v) is 7.89. The second-order valence-electron chi connectivity index (χ2n) is 5.49. The van der Waals surface area contributed by atoms with Crippen LogP contribution in [0.1, 0.15) is 44.0 Å². The number of carbonyl (C=O) groups is 3. The lowest BCUT2D eigenvalue weighted by Gasteiger charge is -2.32. The highest BCUT2D eigenvalue weighted by atomic mass is 16.5. The Morgan fingerprint density at radius 3 is 2.70 bits per heavy atom. The molecule has 1 heterocycles. The van der Waals surface area contributed by atoms with Gasteiger partial charge in [-0.25, -0.2) is 0 Å². The number of amides is 2. The minimum absolute atomic E-state index is 0.0133. The smallest absolute Gasteiger partial charge is 0.268 e. The molecule has 124 valence electrons. The highest BCUT2D eigenvalue weighted by molar-refractivity contribution is 6.05. The van der Waals surface area contributed by atoms with Crippen molar-refractivity contribution in [3.8, 4) is 5.75 Å². The van der Waals surface area contributed by atoms with E-state index in [2.05, 4.69) is 5.32 Å². The molecule has 0 aromatic heterocycles. The Labute approximate surface area is 135 Å². The lowest BCUT2D eigenvalue weighted by molar-refractivity contribution is -0.128. The first-order valence-electron chi connectivity index (χ1n) is 7.89. The summed E-state index contributed by atoms with van der Waals surface area (Å²) in [5.41, 5.74) is 0.999. The molecule has 2 amide bonds. The van der Waals surface area contributed by atoms with Gasteiger partial charge in [0.05, 0.1) is 5.69 Å². The maximum absolute atomic E-state index is 12.4. The molecular formula is C17H22N2O4. The normalized spacial score (nSPS) is 16.6. The van der Waals surface area contributed by atoms with Crippen molar-refractivity contribution in [2.45, 2.75) is 39.7 Å². The number of ketones is 1. The molecule has 1 unspecified atom stereocenters. The van der Waals surface area contributed by atoms with Gasteiger partial charge in [-0.3, -0.25) is 19.3 Å². The molecule has 0 saturated heterocycles. The first-order chi connectivity index (χ1) is 11.0. The van der Waals surface area contributed by atoms with Gasteiger partial charge in [0.1, 0.15) is 12.3 Å². The van der Waals surface area contributed by atoms with Gasteiger partial charge in [0.2, 0.25) is 5.91 Å². The van der Waals surface area contributed by atoms with Gasteiger partial charge in [0, 0.05) is 18.5 Å². The number of anilines is 1. The monoisotopic (exact) mass is 318 g/mol. The van der Waals surface area contributed by atoms with Gasteiger partial charge in [-0.15, -0.1) is 0 Å². The summed E-state index contributed by atoms with van der Waals surface area (Å²) in [5.74, 6) is -0.0104. The second-order valence-corrected chi connectivity index (χ2v) is 5.49. The molecule has 1 aromatic carbocycles. The van der Waals surface area contributed by atoms with E-state index in [-0.39, 0.29) is 24.1 Å². The summed E-state index contributed by atoms with van der Waals surface area (Å²) in [4.78, 5) is 37.7. The van der Waals surface area contributed by atoms with Gasteiger partial charge >= 0.3 is 0 Å². The van der Waals surface area contributed by atoms with E-state index >= 15 is 0 Å². The van der Waals surface area contributed by atoms with Crippen LogP contribution in [0.4, 0.5) is 5.69 Å². The summed E-state index contributed by atoms with van der Waals surface area (Å²) in [5, 5.41) is 2.68. The zero-order valence-electron chi connectivity index (χ0n) is 13.7. The third-order valence-electron chi connectivity index (χ3n) is 3.64. The number of ether oxygens (including phenoxy) is 1. The number of hydrogen-bond donors (Lipinski definition) is 1. The van der Waals surface area contributed by atoms with Crippen LogP contribution in [-0.4, -0.2) is 36.8 Å². The molecule has 0 bridgehead atoms. The molecular weight excluding hydrogens is 296 g/mol. The fourth-order valence-electron chi connectivity index (χ4n) is 2.51. The molecule has 0 spiro atoms. The van der Waals surface area contributed by atoms with Crippen LogP contribution in [0.25, 0.3) is 0 Å². The van der Waals surface area contributed by atoms with Crippen LogP contribution in [-0.2, 0) is 9.59 Å². The quantitative estimate of drug-likeness (QED) is 0.813. The number of benzene rings is 1. The average Bonchev–Trinajstić information content (AvgIpc) is 2.52. The molecule has 0 saturated carbocycles. The number of likely N-dealkylation sites (N-methyl/N-ethyl adjacent to an activating group) is 1. The van der Waals surface area contributed by atoms with Gasteiger partial charge in [0.15, 0.2) is 11.9 Å². The van der Waals surface area contributed by atoms with E-state index in [4.69, 9.17) is 4.74 Å². The van der Waals surface area contributed by atoms with Crippen LogP contribution in [0.3, 0.4) is 0 Å². The van der Waals surface area contributed by atoms with Gasteiger partial charge < -0.3 is 10.1 Å². The van der Waals surface area contributed by atoms with Crippen molar-refractivity contribution >= 4 is 23.3 Å². The molecule has 6 heteroatoms. The molecule has 0 aliphatic carbocycles. The molecule has 23 heavy (non-hydrogen) atoms. The molecule has 1 atom stereocenters. The highest BCUT2D eigenvalue weighted by Gasteiger charge is 2.33. The third-order valence-corrected chi connectivity index (χ3v) is 3.64. The molecule has 1 N–H and O–H groups in total. The average molecular weight is 318 g/mol. The van der Waals surface area contributed by atoms with E-state index in [0.717, 1.165) is 6.42 Å². The summed E-state index contributed by atoms with van der Waals surface area (Å²) in [6, 6.07) is 5.02. The topological polar surface area (TPSA) is 75.7 Å². The molecule has 0 radical (unpaired) electrons. The number of nitrogens with one attached hydrogen (secondary N) is 1. The van der Waals surface area contributed by atoms with Gasteiger partial charge in [0.25, 0.3) is 5.91 Å². The highest BCUT2D eigenvalue weighted by Crippen LogP contribution is 2.35. The number of nitrogens with zero attached hydrogens (tertiary/aromatic N) is 1. The van der Waals surface area contributed by atoms with E-state index in [0.29, 0.717) is 30.0 Å². The fourth-order valence-corrected chi connectivity index (χ4v) is 2.51. The maximum Gasteiger partial charge on any atom is 0.268 e. The number of Topliss-reactive ketones (excluding diaryl/α,β-unsaturated/α-hetero) is 1. The molecule has 6 nitrogen and oxygen atoms in total. The molecule has 0 fully saturated rings. The van der Waals surface area contributed by atoms with Gasteiger partial charge in [-0.1, -0.05) is 6.92 Å². The molecule has 1 aliphatic rings. The Bertz CT molecular complexity index is 627. The Morgan fingerprint density at radius 2 is 2.04 bits per heavy atom. The van der Waals surface area contributed by atoms with Crippen molar-refractivity contribution in [2.75, 3.05) is 18.0 Å². The Hall–Kier alpha value is -2.37. The zero-order valence-corrected chi connectivity index (χ0v) is 13.7. The second kappa shape index (κ2) is 7.26. The Kier molecular flexibility index (Phi) is 5.36. The minimum atomic E-state index is -0.658. The van der Waals surface area contributed by atoms with Crippen LogP contribution in [0.2, 0.25) is 0 Å². The van der Waals surface area contributed by atoms with Crippen LogP contribution >= 0.6 is 0 Å². The lowest BCUT2D eigenvalue weighted by atomic mass is 10.0. The number of rotatable bonds is 6. The number of fused-ring (bicyclic) bond motifs is 1. The summed E-state index contributed by atoms with van der Waals surface area (Å²) in [7, 11) is 0. The van der Waals surface area contributed by atoms with E-state index in [9.17, 15) is 14.4 Å². The van der Waals surface area contributed by atoms with E-state index < -0.39 is 6.10 Å². The number of hydrogen-bond acceptors (Lipinski definition) is 4. The van der Waals surface area contributed by atoms with Crippen LogP contribution in [0.15, 0.2) is 18.2 Å². The van der Waals surface area contributed by atoms with Crippen molar-refractivity contribution in [3.63, 3.8) is 0 Å². The summed E-state index contributed by atoms with van der Waals surface area (Å²) >= 11 is 0. The van der Waals surface area contributed by atoms with Crippen LogP contribution in [0, 0.1) is 0 Å². The van der Waals surface area contributed by atoms with Gasteiger partial charge in [-0.2, -0.15) is 0 Å². The lowest BCUT2D eigenvalue weighted by Crippen LogP contribution is -2.48. The zero-order chi connectivity index (χ0) is 17.0. The first kappa shape index (κ1) is 17.0. The fraction of sp³-hybridized carbons (Fsp3) is 0.471. The molecule has 1 aromatic rings. The van der Waals surface area contributed by atoms with E-state index in [1.807, 2.05) is 13.8 Å². The maximum atomic E-state index is 12.4. The van der Waals surface area contributed by atoms with E-state index in [1.54, 1.807) is 25.1 Å². The third kappa shape index (κ3) is 3.70. The summed E-state index contributed by atoms with van der Waals surface area (Å²) < 4.78 is 5.58. The van der Waals surface area contributed by atoms with Crippen LogP contribution in [0.5, 0.6) is 5.75 Å². The molecule has 1 aliphatic heterocycles. The van der Waals surface area contributed by atoms with Crippen molar-refractivity contribution in [1.29, 1.82) is 0 Å². The van der Waals surface area contributed by atoms with Crippen molar-refractivity contribution in [1.82, 2.24) is 5.32 Å². The van der Waals surface area contributed by atoms with Gasteiger partial charge in [-0.05, 0) is 38.5 Å². The Morgan fingerprint density at radius 1 is 1.30 bits per heavy atom. The predicted octanol–water partition coefficient (Wildman–Crippen LogP) is 1.92. The molecule has 2 rings (SSSR count). The van der Waals surface area contributed by atoms with Crippen molar-refractivity contribution < 1.29 is 19.1 Å².